The lowest BCUT2D eigenvalue weighted by atomic mass is 9.92. The minimum absolute atomic E-state index is 0.0251. The number of amides is 2. The Balaban J connectivity index is 1.39. The standard InChI is InChI=1S/C32H40N4O3/c1-36(31(38)39-25-28-11-3-2-4-12-28)32(19-5-6-20-32)30(37)35-29(17-7-13-26-15-9-21-33-23-26)18-8-14-27-16-10-22-34-24-27/h2-4,9-12,15-16,21-24,29H,5-8,13-14,17-20,25H2,1H3,(H,35,37). The number of aromatic nitrogens is 2. The van der Waals surface area contributed by atoms with Crippen molar-refractivity contribution in [2.75, 3.05) is 7.05 Å². The Morgan fingerprint density at radius 1 is 0.872 bits per heavy atom. The molecule has 7 heteroatoms. The van der Waals surface area contributed by atoms with E-state index in [4.69, 9.17) is 4.74 Å². The Hall–Kier alpha value is -3.74. The van der Waals surface area contributed by atoms with E-state index >= 15 is 0 Å². The topological polar surface area (TPSA) is 84.4 Å². The number of aryl methyl sites for hydroxylation is 2. The number of benzene rings is 1. The van der Waals surface area contributed by atoms with E-state index in [1.165, 1.54) is 11.1 Å². The van der Waals surface area contributed by atoms with Crippen molar-refractivity contribution >= 4 is 12.0 Å². The third-order valence-corrected chi connectivity index (χ3v) is 7.79. The maximum atomic E-state index is 13.9. The molecule has 1 fully saturated rings. The highest BCUT2D eigenvalue weighted by atomic mass is 16.6. The SMILES string of the molecule is CN(C(=O)OCc1ccccc1)C1(C(=O)NC(CCCc2cccnc2)CCCc2cccnc2)CCCC1. The summed E-state index contributed by atoms with van der Waals surface area (Å²) in [6, 6.07) is 17.7. The highest BCUT2D eigenvalue weighted by Crippen LogP contribution is 2.36. The van der Waals surface area contributed by atoms with Crippen molar-refractivity contribution in [2.45, 2.75) is 82.4 Å². The van der Waals surface area contributed by atoms with Crippen molar-refractivity contribution in [3.8, 4) is 0 Å². The first kappa shape index (κ1) is 28.3. The molecule has 0 bridgehead atoms. The second-order valence-corrected chi connectivity index (χ2v) is 10.5. The predicted molar refractivity (Wildman–Crippen MR) is 152 cm³/mol. The summed E-state index contributed by atoms with van der Waals surface area (Å²) < 4.78 is 5.61. The van der Waals surface area contributed by atoms with Crippen LogP contribution >= 0.6 is 0 Å². The van der Waals surface area contributed by atoms with Crippen molar-refractivity contribution in [1.29, 1.82) is 0 Å². The van der Waals surface area contributed by atoms with E-state index in [0.717, 1.165) is 56.9 Å². The second-order valence-electron chi connectivity index (χ2n) is 10.5. The lowest BCUT2D eigenvalue weighted by Crippen LogP contribution is -2.59. The molecule has 0 radical (unpaired) electrons. The van der Waals surface area contributed by atoms with Crippen LogP contribution in [0.15, 0.2) is 79.4 Å². The number of likely N-dealkylation sites (N-methyl/N-ethyl adjacent to an activating group) is 1. The average molecular weight is 529 g/mol. The minimum atomic E-state index is -0.876. The van der Waals surface area contributed by atoms with Gasteiger partial charge in [0.05, 0.1) is 0 Å². The van der Waals surface area contributed by atoms with Gasteiger partial charge in [-0.25, -0.2) is 4.79 Å². The van der Waals surface area contributed by atoms with Gasteiger partial charge >= 0.3 is 6.09 Å². The molecule has 2 aromatic heterocycles. The van der Waals surface area contributed by atoms with Gasteiger partial charge < -0.3 is 10.1 Å². The Bertz CT molecular complexity index is 1110. The molecule has 2 amide bonds. The molecule has 7 nitrogen and oxygen atoms in total. The van der Waals surface area contributed by atoms with Gasteiger partial charge in [-0.05, 0) is 80.2 Å². The van der Waals surface area contributed by atoms with E-state index in [2.05, 4.69) is 27.4 Å². The molecule has 1 saturated carbocycles. The molecule has 0 atom stereocenters. The summed E-state index contributed by atoms with van der Waals surface area (Å²) in [5, 5.41) is 3.36. The van der Waals surface area contributed by atoms with E-state index in [0.29, 0.717) is 12.8 Å². The maximum absolute atomic E-state index is 13.9. The third-order valence-electron chi connectivity index (χ3n) is 7.79. The molecule has 2 heterocycles. The molecule has 0 saturated heterocycles. The first-order valence-corrected chi connectivity index (χ1v) is 14.1. The number of nitrogens with zero attached hydrogens (tertiary/aromatic N) is 3. The molecule has 39 heavy (non-hydrogen) atoms. The quantitative estimate of drug-likeness (QED) is 0.299. The number of carbonyl (C=O) groups excluding carboxylic acids is 2. The lowest BCUT2D eigenvalue weighted by molar-refractivity contribution is -0.132. The molecule has 4 rings (SSSR count). The Morgan fingerprint density at radius 2 is 1.44 bits per heavy atom. The van der Waals surface area contributed by atoms with Gasteiger partial charge in [-0.15, -0.1) is 0 Å². The van der Waals surface area contributed by atoms with Crippen molar-refractivity contribution in [3.63, 3.8) is 0 Å². The van der Waals surface area contributed by atoms with Gasteiger partial charge in [0, 0.05) is 37.9 Å². The van der Waals surface area contributed by atoms with Crippen molar-refractivity contribution < 1.29 is 14.3 Å². The van der Waals surface area contributed by atoms with Crippen LogP contribution in [0.3, 0.4) is 0 Å². The van der Waals surface area contributed by atoms with E-state index in [9.17, 15) is 9.59 Å². The van der Waals surface area contributed by atoms with E-state index in [-0.39, 0.29) is 18.6 Å². The Kier molecular flexibility index (Phi) is 10.5. The number of ether oxygens (including phenoxy) is 1. The van der Waals surface area contributed by atoms with Crippen LogP contribution in [0.2, 0.25) is 0 Å². The van der Waals surface area contributed by atoms with Gasteiger partial charge in [0.2, 0.25) is 5.91 Å². The molecular formula is C32H40N4O3. The molecular weight excluding hydrogens is 488 g/mol. The molecule has 0 spiro atoms. The number of carbonyl (C=O) groups is 2. The summed E-state index contributed by atoms with van der Waals surface area (Å²) >= 11 is 0. The predicted octanol–water partition coefficient (Wildman–Crippen LogP) is 5.89. The fourth-order valence-electron chi connectivity index (χ4n) is 5.47. The van der Waals surface area contributed by atoms with Crippen LogP contribution in [0.4, 0.5) is 4.79 Å². The minimum Gasteiger partial charge on any atom is -0.445 e. The zero-order valence-corrected chi connectivity index (χ0v) is 22.9. The zero-order valence-electron chi connectivity index (χ0n) is 22.9. The number of hydrogen-bond donors (Lipinski definition) is 1. The van der Waals surface area contributed by atoms with E-state index in [1.807, 2.05) is 54.9 Å². The van der Waals surface area contributed by atoms with Gasteiger partial charge in [-0.2, -0.15) is 0 Å². The van der Waals surface area contributed by atoms with Crippen LogP contribution < -0.4 is 5.32 Å². The highest BCUT2D eigenvalue weighted by Gasteiger charge is 2.47. The molecule has 206 valence electrons. The van der Waals surface area contributed by atoms with Crippen molar-refractivity contribution in [3.05, 3.63) is 96.1 Å². The number of pyridine rings is 2. The molecule has 1 N–H and O–H groups in total. The van der Waals surface area contributed by atoms with Gasteiger partial charge in [0.1, 0.15) is 12.1 Å². The Morgan fingerprint density at radius 3 is 1.97 bits per heavy atom. The van der Waals surface area contributed by atoms with Crippen LogP contribution in [-0.4, -0.2) is 45.5 Å². The average Bonchev–Trinajstić information content (AvgIpc) is 3.48. The van der Waals surface area contributed by atoms with E-state index < -0.39 is 11.6 Å². The van der Waals surface area contributed by atoms with Crippen LogP contribution in [0.5, 0.6) is 0 Å². The fraction of sp³-hybridized carbons (Fsp3) is 0.438. The number of nitrogens with one attached hydrogen (secondary N) is 1. The molecule has 1 aromatic carbocycles. The van der Waals surface area contributed by atoms with Crippen LogP contribution in [0, 0.1) is 0 Å². The molecule has 1 aliphatic carbocycles. The second kappa shape index (κ2) is 14.4. The van der Waals surface area contributed by atoms with E-state index in [1.54, 1.807) is 24.3 Å². The Labute approximate surface area is 232 Å². The summed E-state index contributed by atoms with van der Waals surface area (Å²) in [6.45, 7) is 0.188. The summed E-state index contributed by atoms with van der Waals surface area (Å²) in [6.07, 6.45) is 15.5. The first-order valence-electron chi connectivity index (χ1n) is 14.1. The molecule has 3 aromatic rings. The molecule has 0 unspecified atom stereocenters. The summed E-state index contributed by atoms with van der Waals surface area (Å²) in [5.41, 5.74) is 2.45. The van der Waals surface area contributed by atoms with Gasteiger partial charge in [-0.3, -0.25) is 19.7 Å². The maximum Gasteiger partial charge on any atom is 0.410 e. The largest absolute Gasteiger partial charge is 0.445 e. The van der Waals surface area contributed by atoms with Crippen molar-refractivity contribution in [1.82, 2.24) is 20.2 Å². The summed E-state index contributed by atoms with van der Waals surface area (Å²) in [5.74, 6) is -0.0630. The van der Waals surface area contributed by atoms with Gasteiger partial charge in [0.15, 0.2) is 0 Å². The van der Waals surface area contributed by atoms with Crippen molar-refractivity contribution in [2.24, 2.45) is 0 Å². The van der Waals surface area contributed by atoms with Crippen LogP contribution in [-0.2, 0) is 29.0 Å². The summed E-state index contributed by atoms with van der Waals surface area (Å²) in [4.78, 5) is 36.9. The molecule has 1 aliphatic rings. The lowest BCUT2D eigenvalue weighted by Gasteiger charge is -2.37. The summed E-state index contributed by atoms with van der Waals surface area (Å²) in [7, 11) is 1.71. The van der Waals surface area contributed by atoms with Crippen LogP contribution in [0.25, 0.3) is 0 Å². The van der Waals surface area contributed by atoms with Gasteiger partial charge in [-0.1, -0.05) is 55.3 Å². The third kappa shape index (κ3) is 8.12. The first-order chi connectivity index (χ1) is 19.1. The van der Waals surface area contributed by atoms with Crippen LogP contribution in [0.1, 0.15) is 68.1 Å². The highest BCUT2D eigenvalue weighted by molar-refractivity contribution is 5.90. The molecule has 0 aliphatic heterocycles. The normalized spacial score (nSPS) is 14.2. The van der Waals surface area contributed by atoms with Gasteiger partial charge in [0.25, 0.3) is 0 Å². The smallest absolute Gasteiger partial charge is 0.410 e. The number of rotatable bonds is 13. The number of hydrogen-bond acceptors (Lipinski definition) is 5. The fourth-order valence-corrected chi connectivity index (χ4v) is 5.47. The zero-order chi connectivity index (χ0) is 27.3. The monoisotopic (exact) mass is 528 g/mol.